The summed E-state index contributed by atoms with van der Waals surface area (Å²) in [5, 5.41) is 1.84. The van der Waals surface area contributed by atoms with Gasteiger partial charge >= 0.3 is 0 Å². The summed E-state index contributed by atoms with van der Waals surface area (Å²) < 4.78 is 13.2. The number of primary amides is 1. The first-order valence-electron chi connectivity index (χ1n) is 6.59. The monoisotopic (exact) mass is 312 g/mol. The zero-order chi connectivity index (χ0) is 15.7. The van der Waals surface area contributed by atoms with Crippen LogP contribution in [0.25, 0.3) is 21.6 Å². The first-order chi connectivity index (χ1) is 10.6. The molecule has 0 saturated heterocycles. The lowest BCUT2D eigenvalue weighted by Gasteiger charge is -2.06. The molecule has 0 bridgehead atoms. The van der Waals surface area contributed by atoms with Crippen molar-refractivity contribution in [3.63, 3.8) is 0 Å². The van der Waals surface area contributed by atoms with Crippen molar-refractivity contribution in [2.24, 2.45) is 5.73 Å². The van der Waals surface area contributed by atoms with Gasteiger partial charge in [0.1, 0.15) is 5.82 Å². The Labute approximate surface area is 131 Å². The number of halogens is 1. The molecule has 110 valence electrons. The molecule has 0 aliphatic carbocycles. The number of nitrogen functional groups attached to an aromatic ring is 1. The Balaban J connectivity index is 1.97. The average molecular weight is 312 g/mol. The van der Waals surface area contributed by atoms with Crippen LogP contribution >= 0.6 is 11.3 Å². The first kappa shape index (κ1) is 14.3. The molecule has 3 aromatic rings. The molecule has 0 spiro atoms. The second kappa shape index (κ2) is 5.61. The van der Waals surface area contributed by atoms with Gasteiger partial charge in [0.05, 0.1) is 11.3 Å². The van der Waals surface area contributed by atoms with Crippen molar-refractivity contribution in [3.8, 4) is 21.6 Å². The molecule has 0 atom stereocenters. The highest BCUT2D eigenvalue weighted by Crippen LogP contribution is 2.31. The van der Waals surface area contributed by atoms with Gasteiger partial charge in [-0.2, -0.15) is 0 Å². The van der Waals surface area contributed by atoms with Gasteiger partial charge in [0, 0.05) is 4.88 Å². The smallest absolute Gasteiger partial charge is 0.250 e. The summed E-state index contributed by atoms with van der Waals surface area (Å²) in [6, 6.07) is 14.0. The molecule has 0 unspecified atom stereocenters. The lowest BCUT2D eigenvalue weighted by molar-refractivity contribution is 0.100. The highest BCUT2D eigenvalue weighted by atomic mass is 32.1. The van der Waals surface area contributed by atoms with Gasteiger partial charge in [-0.25, -0.2) is 4.39 Å². The predicted octanol–water partition coefficient (Wildman–Crippen LogP) is 3.90. The molecule has 5 heteroatoms. The SMILES string of the molecule is NC(=O)c1ccsc1-c1ccc(-c2ccc(F)c(N)c2)cc1. The summed E-state index contributed by atoms with van der Waals surface area (Å²) in [4.78, 5) is 12.2. The molecule has 3 nitrogen and oxygen atoms in total. The number of amides is 1. The molecule has 2 aromatic carbocycles. The number of thiophene rings is 1. The highest BCUT2D eigenvalue weighted by molar-refractivity contribution is 7.14. The van der Waals surface area contributed by atoms with Crippen LogP contribution < -0.4 is 11.5 Å². The number of hydrogen-bond donors (Lipinski definition) is 2. The zero-order valence-corrected chi connectivity index (χ0v) is 12.4. The fraction of sp³-hybridized carbons (Fsp3) is 0. The van der Waals surface area contributed by atoms with Gasteiger partial charge in [0.25, 0.3) is 0 Å². The molecule has 1 amide bonds. The number of benzene rings is 2. The Morgan fingerprint density at radius 3 is 2.23 bits per heavy atom. The van der Waals surface area contributed by atoms with Crippen molar-refractivity contribution < 1.29 is 9.18 Å². The maximum absolute atomic E-state index is 13.2. The molecular weight excluding hydrogens is 299 g/mol. The van der Waals surface area contributed by atoms with Gasteiger partial charge in [-0.3, -0.25) is 4.79 Å². The van der Waals surface area contributed by atoms with Gasteiger partial charge in [-0.1, -0.05) is 30.3 Å². The predicted molar refractivity (Wildman–Crippen MR) is 88.1 cm³/mol. The summed E-state index contributed by atoms with van der Waals surface area (Å²) in [5.41, 5.74) is 14.3. The van der Waals surface area contributed by atoms with Crippen molar-refractivity contribution in [2.75, 3.05) is 5.73 Å². The average Bonchev–Trinajstić information content (AvgIpc) is 3.00. The van der Waals surface area contributed by atoms with Crippen molar-refractivity contribution in [3.05, 3.63) is 65.3 Å². The van der Waals surface area contributed by atoms with Crippen molar-refractivity contribution in [1.82, 2.24) is 0 Å². The van der Waals surface area contributed by atoms with Crippen LogP contribution in [0.4, 0.5) is 10.1 Å². The standard InChI is InChI=1S/C17H13FN2OS/c18-14-6-5-12(9-15(14)19)10-1-3-11(4-2-10)16-13(17(20)21)7-8-22-16/h1-9H,19H2,(H2,20,21). The van der Waals surface area contributed by atoms with E-state index >= 15 is 0 Å². The van der Waals surface area contributed by atoms with Crippen molar-refractivity contribution >= 4 is 22.9 Å². The maximum Gasteiger partial charge on any atom is 0.250 e. The van der Waals surface area contributed by atoms with E-state index in [0.29, 0.717) is 5.56 Å². The minimum Gasteiger partial charge on any atom is -0.396 e. The van der Waals surface area contributed by atoms with E-state index in [2.05, 4.69) is 0 Å². The third-order valence-electron chi connectivity index (χ3n) is 3.41. The molecule has 1 aromatic heterocycles. The summed E-state index contributed by atoms with van der Waals surface area (Å²) in [7, 11) is 0. The number of hydrogen-bond acceptors (Lipinski definition) is 3. The fourth-order valence-corrected chi connectivity index (χ4v) is 3.17. The number of carbonyl (C=O) groups excluding carboxylic acids is 1. The Kier molecular flexibility index (Phi) is 3.65. The van der Waals surface area contributed by atoms with E-state index in [-0.39, 0.29) is 5.69 Å². The number of carbonyl (C=O) groups is 1. The van der Waals surface area contributed by atoms with Crippen LogP contribution in [0.2, 0.25) is 0 Å². The zero-order valence-electron chi connectivity index (χ0n) is 11.5. The molecule has 0 radical (unpaired) electrons. The second-order valence-electron chi connectivity index (χ2n) is 4.84. The second-order valence-corrected chi connectivity index (χ2v) is 5.76. The fourth-order valence-electron chi connectivity index (χ4n) is 2.26. The Morgan fingerprint density at radius 1 is 0.955 bits per heavy atom. The topological polar surface area (TPSA) is 69.1 Å². The van der Waals surface area contributed by atoms with E-state index in [9.17, 15) is 9.18 Å². The summed E-state index contributed by atoms with van der Waals surface area (Å²) in [5.74, 6) is -0.864. The normalized spacial score (nSPS) is 10.6. The molecule has 0 aliphatic heterocycles. The highest BCUT2D eigenvalue weighted by Gasteiger charge is 2.11. The van der Waals surface area contributed by atoms with Crippen molar-refractivity contribution in [1.29, 1.82) is 0 Å². The van der Waals surface area contributed by atoms with E-state index in [1.54, 1.807) is 18.2 Å². The number of rotatable bonds is 3. The summed E-state index contributed by atoms with van der Waals surface area (Å²) in [6.07, 6.45) is 0. The van der Waals surface area contributed by atoms with Gasteiger partial charge in [0.2, 0.25) is 5.91 Å². The first-order valence-corrected chi connectivity index (χ1v) is 7.47. The molecule has 4 N–H and O–H groups in total. The van der Waals surface area contributed by atoms with Gasteiger partial charge in [0.15, 0.2) is 0 Å². The molecule has 3 rings (SSSR count). The molecule has 0 saturated carbocycles. The van der Waals surface area contributed by atoms with Crippen LogP contribution in [0.3, 0.4) is 0 Å². The summed E-state index contributed by atoms with van der Waals surface area (Å²) >= 11 is 1.47. The molecule has 0 fully saturated rings. The Bertz CT molecular complexity index is 840. The van der Waals surface area contributed by atoms with Crippen LogP contribution in [0.5, 0.6) is 0 Å². The van der Waals surface area contributed by atoms with E-state index in [4.69, 9.17) is 11.5 Å². The van der Waals surface area contributed by atoms with E-state index in [0.717, 1.165) is 21.6 Å². The van der Waals surface area contributed by atoms with Gasteiger partial charge < -0.3 is 11.5 Å². The lowest BCUT2D eigenvalue weighted by Crippen LogP contribution is -2.10. The Hall–Kier alpha value is -2.66. The third kappa shape index (κ3) is 2.58. The number of anilines is 1. The van der Waals surface area contributed by atoms with Crippen LogP contribution in [0, 0.1) is 5.82 Å². The molecule has 0 aliphatic rings. The molecular formula is C17H13FN2OS. The minimum atomic E-state index is -0.438. The van der Waals surface area contributed by atoms with Gasteiger partial charge in [-0.15, -0.1) is 11.3 Å². The van der Waals surface area contributed by atoms with Crippen molar-refractivity contribution in [2.45, 2.75) is 0 Å². The van der Waals surface area contributed by atoms with Crippen LogP contribution in [0.1, 0.15) is 10.4 Å². The van der Waals surface area contributed by atoms with Crippen LogP contribution in [-0.2, 0) is 0 Å². The summed E-state index contributed by atoms with van der Waals surface area (Å²) in [6.45, 7) is 0. The van der Waals surface area contributed by atoms with E-state index < -0.39 is 11.7 Å². The van der Waals surface area contributed by atoms with E-state index in [1.807, 2.05) is 29.6 Å². The maximum atomic E-state index is 13.2. The molecule has 1 heterocycles. The van der Waals surface area contributed by atoms with Gasteiger partial charge in [-0.05, 0) is 40.3 Å². The third-order valence-corrected chi connectivity index (χ3v) is 4.37. The minimum absolute atomic E-state index is 0.121. The van der Waals surface area contributed by atoms with Crippen LogP contribution in [0.15, 0.2) is 53.9 Å². The lowest BCUT2D eigenvalue weighted by atomic mass is 10.0. The van der Waals surface area contributed by atoms with E-state index in [1.165, 1.54) is 17.4 Å². The quantitative estimate of drug-likeness (QED) is 0.720. The largest absolute Gasteiger partial charge is 0.396 e. The Morgan fingerprint density at radius 2 is 1.59 bits per heavy atom. The molecule has 22 heavy (non-hydrogen) atoms. The number of nitrogens with two attached hydrogens (primary N) is 2. The van der Waals surface area contributed by atoms with Crippen LogP contribution in [-0.4, -0.2) is 5.91 Å².